The molecule has 1 rings (SSSR count). The normalized spacial score (nSPS) is 11.8. The fourth-order valence-corrected chi connectivity index (χ4v) is 1.67. The van der Waals surface area contributed by atoms with Crippen LogP contribution < -0.4 is 15.4 Å². The van der Waals surface area contributed by atoms with Gasteiger partial charge in [0.15, 0.2) is 0 Å². The van der Waals surface area contributed by atoms with E-state index in [4.69, 9.17) is 4.74 Å². The molecule has 0 spiro atoms. The number of rotatable bonds is 9. The minimum Gasteiger partial charge on any atom is -0.491 e. The van der Waals surface area contributed by atoms with Gasteiger partial charge in [0.25, 0.3) is 0 Å². The van der Waals surface area contributed by atoms with Crippen LogP contribution in [-0.2, 0) is 4.79 Å². The van der Waals surface area contributed by atoms with Crippen LogP contribution in [0.15, 0.2) is 24.3 Å². The van der Waals surface area contributed by atoms with E-state index in [9.17, 15) is 4.79 Å². The van der Waals surface area contributed by atoms with E-state index < -0.39 is 0 Å². The lowest BCUT2D eigenvalue weighted by Gasteiger charge is -2.15. The lowest BCUT2D eigenvalue weighted by Crippen LogP contribution is -2.36. The standard InChI is InChI=1S/C16H26N2O2/c1-4-6-11-20-15-10-8-7-9-14(15)17-12-16(19)18-13(3)5-2/h7-10,13,17H,4-6,11-12H2,1-3H3,(H,18,19). The highest BCUT2D eigenvalue weighted by molar-refractivity contribution is 5.81. The summed E-state index contributed by atoms with van der Waals surface area (Å²) in [4.78, 5) is 11.7. The van der Waals surface area contributed by atoms with Crippen LogP contribution in [0.4, 0.5) is 5.69 Å². The molecular formula is C16H26N2O2. The molecule has 0 radical (unpaired) electrons. The second-order valence-corrected chi connectivity index (χ2v) is 4.93. The molecule has 112 valence electrons. The van der Waals surface area contributed by atoms with Gasteiger partial charge in [-0.3, -0.25) is 4.79 Å². The molecule has 0 aliphatic heterocycles. The Labute approximate surface area is 121 Å². The highest BCUT2D eigenvalue weighted by Crippen LogP contribution is 2.23. The summed E-state index contributed by atoms with van der Waals surface area (Å²) in [6.45, 7) is 7.15. The van der Waals surface area contributed by atoms with E-state index in [1.165, 1.54) is 0 Å². The van der Waals surface area contributed by atoms with Gasteiger partial charge in [0.1, 0.15) is 5.75 Å². The number of hydrogen-bond acceptors (Lipinski definition) is 3. The number of anilines is 1. The molecule has 4 nitrogen and oxygen atoms in total. The van der Waals surface area contributed by atoms with E-state index in [2.05, 4.69) is 24.5 Å². The summed E-state index contributed by atoms with van der Waals surface area (Å²) >= 11 is 0. The van der Waals surface area contributed by atoms with Crippen LogP contribution in [0.3, 0.4) is 0 Å². The number of unbranched alkanes of at least 4 members (excludes halogenated alkanes) is 1. The Morgan fingerprint density at radius 3 is 2.75 bits per heavy atom. The predicted octanol–water partition coefficient (Wildman–Crippen LogP) is 3.19. The Morgan fingerprint density at radius 2 is 2.05 bits per heavy atom. The van der Waals surface area contributed by atoms with Crippen molar-refractivity contribution in [3.63, 3.8) is 0 Å². The Balaban J connectivity index is 2.48. The molecule has 0 aliphatic rings. The third-order valence-corrected chi connectivity index (χ3v) is 3.10. The molecule has 2 N–H and O–H groups in total. The van der Waals surface area contributed by atoms with Gasteiger partial charge in [-0.05, 0) is 31.9 Å². The van der Waals surface area contributed by atoms with Crippen molar-refractivity contribution in [3.8, 4) is 5.75 Å². The number of nitrogens with one attached hydrogen (secondary N) is 2. The first kappa shape index (κ1) is 16.3. The number of ether oxygens (including phenoxy) is 1. The summed E-state index contributed by atoms with van der Waals surface area (Å²) in [6, 6.07) is 7.93. The fraction of sp³-hybridized carbons (Fsp3) is 0.562. The molecule has 1 atom stereocenters. The number of para-hydroxylation sites is 2. The first-order chi connectivity index (χ1) is 9.67. The molecule has 0 fully saturated rings. The van der Waals surface area contributed by atoms with Crippen LogP contribution in [0.2, 0.25) is 0 Å². The van der Waals surface area contributed by atoms with Crippen LogP contribution in [0.25, 0.3) is 0 Å². The van der Waals surface area contributed by atoms with Crippen molar-refractivity contribution in [1.29, 1.82) is 0 Å². The maximum absolute atomic E-state index is 11.7. The van der Waals surface area contributed by atoms with Crippen LogP contribution in [-0.4, -0.2) is 25.1 Å². The molecule has 20 heavy (non-hydrogen) atoms. The third kappa shape index (κ3) is 5.95. The van der Waals surface area contributed by atoms with E-state index in [0.717, 1.165) is 30.7 Å². The van der Waals surface area contributed by atoms with E-state index in [1.807, 2.05) is 31.2 Å². The maximum Gasteiger partial charge on any atom is 0.239 e. The summed E-state index contributed by atoms with van der Waals surface area (Å²) < 4.78 is 5.72. The van der Waals surface area contributed by atoms with Gasteiger partial charge in [-0.25, -0.2) is 0 Å². The van der Waals surface area contributed by atoms with E-state index in [1.54, 1.807) is 0 Å². The molecule has 1 amide bonds. The molecule has 0 bridgehead atoms. The second-order valence-electron chi connectivity index (χ2n) is 4.93. The van der Waals surface area contributed by atoms with Crippen LogP contribution in [0.1, 0.15) is 40.0 Å². The fourth-order valence-electron chi connectivity index (χ4n) is 1.67. The highest BCUT2D eigenvalue weighted by Gasteiger charge is 2.07. The van der Waals surface area contributed by atoms with Gasteiger partial charge in [0.2, 0.25) is 5.91 Å². The highest BCUT2D eigenvalue weighted by atomic mass is 16.5. The lowest BCUT2D eigenvalue weighted by molar-refractivity contribution is -0.120. The Hall–Kier alpha value is -1.71. The minimum atomic E-state index is 0.00251. The number of carbonyl (C=O) groups is 1. The summed E-state index contributed by atoms with van der Waals surface area (Å²) in [5.74, 6) is 0.806. The molecule has 0 saturated carbocycles. The first-order valence-electron chi connectivity index (χ1n) is 7.42. The van der Waals surface area contributed by atoms with Gasteiger partial charge in [-0.1, -0.05) is 32.4 Å². The van der Waals surface area contributed by atoms with Crippen molar-refractivity contribution in [2.75, 3.05) is 18.5 Å². The Bertz CT molecular complexity index is 407. The molecular weight excluding hydrogens is 252 g/mol. The van der Waals surface area contributed by atoms with Gasteiger partial charge in [-0.15, -0.1) is 0 Å². The molecule has 0 aromatic heterocycles. The maximum atomic E-state index is 11.7. The average Bonchev–Trinajstić information content (AvgIpc) is 2.46. The third-order valence-electron chi connectivity index (χ3n) is 3.10. The second kappa shape index (κ2) is 9.23. The summed E-state index contributed by atoms with van der Waals surface area (Å²) in [7, 11) is 0. The zero-order chi connectivity index (χ0) is 14.8. The molecule has 0 saturated heterocycles. The van der Waals surface area contributed by atoms with E-state index in [-0.39, 0.29) is 18.5 Å². The number of benzene rings is 1. The van der Waals surface area contributed by atoms with Gasteiger partial charge in [-0.2, -0.15) is 0 Å². The molecule has 0 heterocycles. The summed E-state index contributed by atoms with van der Waals surface area (Å²) in [6.07, 6.45) is 3.07. The van der Waals surface area contributed by atoms with Gasteiger partial charge < -0.3 is 15.4 Å². The monoisotopic (exact) mass is 278 g/mol. The zero-order valence-corrected chi connectivity index (χ0v) is 12.7. The Kier molecular flexibility index (Phi) is 7.55. The molecule has 0 aliphatic carbocycles. The quantitative estimate of drug-likeness (QED) is 0.682. The topological polar surface area (TPSA) is 50.4 Å². The zero-order valence-electron chi connectivity index (χ0n) is 12.7. The minimum absolute atomic E-state index is 0.00251. The largest absolute Gasteiger partial charge is 0.491 e. The summed E-state index contributed by atoms with van der Waals surface area (Å²) in [5.41, 5.74) is 0.864. The SMILES string of the molecule is CCCCOc1ccccc1NCC(=O)NC(C)CC. The van der Waals surface area contributed by atoms with E-state index >= 15 is 0 Å². The molecule has 1 aromatic rings. The van der Waals surface area contributed by atoms with Crippen molar-refractivity contribution in [3.05, 3.63) is 24.3 Å². The van der Waals surface area contributed by atoms with Gasteiger partial charge in [0, 0.05) is 6.04 Å². The van der Waals surface area contributed by atoms with Crippen LogP contribution in [0.5, 0.6) is 5.75 Å². The van der Waals surface area contributed by atoms with Crippen molar-refractivity contribution in [1.82, 2.24) is 5.32 Å². The summed E-state index contributed by atoms with van der Waals surface area (Å²) in [5, 5.41) is 6.06. The Morgan fingerprint density at radius 1 is 1.30 bits per heavy atom. The van der Waals surface area contributed by atoms with Crippen molar-refractivity contribution in [2.45, 2.75) is 46.1 Å². The van der Waals surface area contributed by atoms with Crippen LogP contribution in [0, 0.1) is 0 Å². The van der Waals surface area contributed by atoms with Crippen molar-refractivity contribution < 1.29 is 9.53 Å². The van der Waals surface area contributed by atoms with Gasteiger partial charge >= 0.3 is 0 Å². The molecule has 1 aromatic carbocycles. The lowest BCUT2D eigenvalue weighted by atomic mass is 10.2. The smallest absolute Gasteiger partial charge is 0.239 e. The van der Waals surface area contributed by atoms with Crippen molar-refractivity contribution >= 4 is 11.6 Å². The van der Waals surface area contributed by atoms with Gasteiger partial charge in [0.05, 0.1) is 18.8 Å². The first-order valence-corrected chi connectivity index (χ1v) is 7.42. The average molecular weight is 278 g/mol. The molecule has 1 unspecified atom stereocenters. The predicted molar refractivity (Wildman–Crippen MR) is 83.2 cm³/mol. The van der Waals surface area contributed by atoms with Crippen molar-refractivity contribution in [2.24, 2.45) is 0 Å². The number of carbonyl (C=O) groups excluding carboxylic acids is 1. The molecule has 4 heteroatoms. The number of amides is 1. The van der Waals surface area contributed by atoms with Crippen LogP contribution >= 0.6 is 0 Å². The van der Waals surface area contributed by atoms with E-state index in [0.29, 0.717) is 6.61 Å². The number of hydrogen-bond donors (Lipinski definition) is 2.